The van der Waals surface area contributed by atoms with Crippen molar-refractivity contribution in [2.75, 3.05) is 19.6 Å². The second-order valence-corrected chi connectivity index (χ2v) is 6.58. The van der Waals surface area contributed by atoms with Gasteiger partial charge in [0.15, 0.2) is 5.82 Å². The Balaban J connectivity index is 0.00000144. The molecule has 3 heterocycles. The molecule has 2 aliphatic heterocycles. The fourth-order valence-corrected chi connectivity index (χ4v) is 3.49. The quantitative estimate of drug-likeness (QED) is 0.894. The summed E-state index contributed by atoms with van der Waals surface area (Å²) in [5.74, 6) is 2.96. The summed E-state index contributed by atoms with van der Waals surface area (Å²) in [7, 11) is 0. The Labute approximate surface area is 137 Å². The Morgan fingerprint density at radius 3 is 2.77 bits per heavy atom. The van der Waals surface area contributed by atoms with Gasteiger partial charge in [0.25, 0.3) is 0 Å². The van der Waals surface area contributed by atoms with Crippen molar-refractivity contribution in [3.05, 3.63) is 11.6 Å². The van der Waals surface area contributed by atoms with Gasteiger partial charge < -0.3 is 10.2 Å². The van der Waals surface area contributed by atoms with Crippen LogP contribution in [0, 0.1) is 5.92 Å². The molecule has 0 spiro atoms. The van der Waals surface area contributed by atoms with Gasteiger partial charge >= 0.3 is 0 Å². The van der Waals surface area contributed by atoms with Crippen LogP contribution in [0.25, 0.3) is 0 Å². The van der Waals surface area contributed by atoms with Crippen molar-refractivity contribution >= 4 is 18.3 Å². The van der Waals surface area contributed by atoms with E-state index in [4.69, 9.17) is 4.98 Å². The number of carbonyl (C=O) groups excluding carboxylic acids is 1. The minimum Gasteiger partial charge on any atom is -0.331 e. The number of nitrogens with zero attached hydrogens (tertiary/aromatic N) is 4. The maximum atomic E-state index is 12.8. The third-order valence-corrected chi connectivity index (χ3v) is 4.98. The van der Waals surface area contributed by atoms with Crippen LogP contribution in [0.2, 0.25) is 0 Å². The summed E-state index contributed by atoms with van der Waals surface area (Å²) < 4.78 is 2.02. The molecule has 1 aliphatic carbocycles. The lowest BCUT2D eigenvalue weighted by Gasteiger charge is -2.36. The molecular formula is C15H24ClN5O. The molecule has 22 heavy (non-hydrogen) atoms. The Bertz CT molecular complexity index is 550. The summed E-state index contributed by atoms with van der Waals surface area (Å²) in [5, 5.41) is 7.96. The number of fused-ring (bicyclic) bond motifs is 1. The van der Waals surface area contributed by atoms with Gasteiger partial charge in [-0.3, -0.25) is 4.79 Å². The Hall–Kier alpha value is -1.14. The van der Waals surface area contributed by atoms with E-state index < -0.39 is 0 Å². The predicted molar refractivity (Wildman–Crippen MR) is 85.0 cm³/mol. The van der Waals surface area contributed by atoms with Gasteiger partial charge in [-0.1, -0.05) is 0 Å². The first kappa shape index (κ1) is 15.7. The number of piperidine rings is 1. The van der Waals surface area contributed by atoms with Crippen LogP contribution in [0.3, 0.4) is 0 Å². The molecule has 1 N–H and O–H groups in total. The van der Waals surface area contributed by atoms with E-state index in [2.05, 4.69) is 17.3 Å². The first-order valence-electron chi connectivity index (χ1n) is 8.20. The maximum Gasteiger partial charge on any atom is 0.227 e. The normalized spacial score (nSPS) is 28.0. The number of carbonyl (C=O) groups is 1. The molecule has 1 amide bonds. The molecule has 7 heteroatoms. The van der Waals surface area contributed by atoms with Crippen molar-refractivity contribution in [3.63, 3.8) is 0 Å². The molecule has 0 aromatic carbocycles. The van der Waals surface area contributed by atoms with E-state index in [0.717, 1.165) is 50.7 Å². The third-order valence-electron chi connectivity index (χ3n) is 4.98. The van der Waals surface area contributed by atoms with Crippen LogP contribution in [0.5, 0.6) is 0 Å². The number of rotatable bonds is 2. The summed E-state index contributed by atoms with van der Waals surface area (Å²) in [6.07, 6.45) is 4.54. The molecular weight excluding hydrogens is 302 g/mol. The van der Waals surface area contributed by atoms with Gasteiger partial charge in [0.2, 0.25) is 5.91 Å². The molecule has 1 aromatic rings. The number of hydrogen-bond donors (Lipinski definition) is 1. The van der Waals surface area contributed by atoms with Crippen LogP contribution < -0.4 is 5.32 Å². The topological polar surface area (TPSA) is 63.1 Å². The van der Waals surface area contributed by atoms with Gasteiger partial charge in [-0.2, -0.15) is 5.10 Å². The largest absolute Gasteiger partial charge is 0.331 e. The van der Waals surface area contributed by atoms with E-state index in [1.807, 2.05) is 9.58 Å². The van der Waals surface area contributed by atoms with E-state index in [-0.39, 0.29) is 30.3 Å². The molecule has 3 aliphatic rings. The zero-order valence-electron chi connectivity index (χ0n) is 13.0. The number of nitrogens with one attached hydrogen (secondary N) is 1. The second-order valence-electron chi connectivity index (χ2n) is 6.58. The smallest absolute Gasteiger partial charge is 0.227 e. The lowest BCUT2D eigenvalue weighted by molar-refractivity contribution is -0.139. The van der Waals surface area contributed by atoms with Crippen molar-refractivity contribution in [1.29, 1.82) is 0 Å². The average Bonchev–Trinajstić information content (AvgIpc) is 3.27. The Morgan fingerprint density at radius 2 is 2.09 bits per heavy atom. The molecule has 6 nitrogen and oxygen atoms in total. The minimum atomic E-state index is 0. The molecule has 0 unspecified atom stereocenters. The van der Waals surface area contributed by atoms with Gasteiger partial charge in [-0.05, 0) is 39.2 Å². The van der Waals surface area contributed by atoms with E-state index >= 15 is 0 Å². The highest BCUT2D eigenvalue weighted by Gasteiger charge is 2.36. The zero-order valence-corrected chi connectivity index (χ0v) is 13.8. The molecule has 1 saturated carbocycles. The van der Waals surface area contributed by atoms with Crippen molar-refractivity contribution in [2.24, 2.45) is 5.92 Å². The lowest BCUT2D eigenvalue weighted by Crippen LogP contribution is -2.47. The molecule has 2 atom stereocenters. The van der Waals surface area contributed by atoms with Crippen LogP contribution in [0.1, 0.15) is 56.2 Å². The summed E-state index contributed by atoms with van der Waals surface area (Å²) in [6.45, 7) is 5.49. The highest BCUT2D eigenvalue weighted by Crippen LogP contribution is 2.39. The fourth-order valence-electron chi connectivity index (χ4n) is 3.49. The lowest BCUT2D eigenvalue weighted by atomic mass is 9.97. The van der Waals surface area contributed by atoms with E-state index in [1.165, 1.54) is 12.8 Å². The second kappa shape index (κ2) is 6.16. The average molecular weight is 326 g/mol. The number of aromatic nitrogens is 3. The highest BCUT2D eigenvalue weighted by atomic mass is 35.5. The standard InChI is InChI=1S/C15H23N5O.ClH/c1-10-14-17-13(11-4-5-11)18-20(14)8-7-19(10)15(21)12-3-2-6-16-9-12;/h10-12,16H,2-9H2,1H3;1H/t10-,12-;/m1./s1. The first-order valence-corrected chi connectivity index (χ1v) is 8.20. The number of halogens is 1. The van der Waals surface area contributed by atoms with Crippen LogP contribution in [-0.2, 0) is 11.3 Å². The van der Waals surface area contributed by atoms with E-state index in [0.29, 0.717) is 5.92 Å². The van der Waals surface area contributed by atoms with Crippen molar-refractivity contribution in [2.45, 2.75) is 51.1 Å². The highest BCUT2D eigenvalue weighted by molar-refractivity contribution is 5.85. The first-order chi connectivity index (χ1) is 10.2. The molecule has 4 rings (SSSR count). The van der Waals surface area contributed by atoms with Gasteiger partial charge in [-0.25, -0.2) is 9.67 Å². The molecule has 1 saturated heterocycles. The van der Waals surface area contributed by atoms with Gasteiger partial charge in [0.05, 0.1) is 18.5 Å². The minimum absolute atomic E-state index is 0. The summed E-state index contributed by atoms with van der Waals surface area (Å²) in [6, 6.07) is 0.0492. The summed E-state index contributed by atoms with van der Waals surface area (Å²) in [4.78, 5) is 19.5. The van der Waals surface area contributed by atoms with Crippen LogP contribution in [0.15, 0.2) is 0 Å². The van der Waals surface area contributed by atoms with Crippen LogP contribution in [0.4, 0.5) is 0 Å². The number of hydrogen-bond acceptors (Lipinski definition) is 4. The number of amides is 1. The fraction of sp³-hybridized carbons (Fsp3) is 0.800. The van der Waals surface area contributed by atoms with Gasteiger partial charge in [0.1, 0.15) is 5.82 Å². The van der Waals surface area contributed by atoms with Crippen LogP contribution >= 0.6 is 12.4 Å². The molecule has 1 aromatic heterocycles. The van der Waals surface area contributed by atoms with Crippen molar-refractivity contribution in [1.82, 2.24) is 25.0 Å². The summed E-state index contributed by atoms with van der Waals surface area (Å²) in [5.41, 5.74) is 0. The molecule has 0 radical (unpaired) electrons. The van der Waals surface area contributed by atoms with Crippen molar-refractivity contribution < 1.29 is 4.79 Å². The maximum absolute atomic E-state index is 12.8. The van der Waals surface area contributed by atoms with Crippen molar-refractivity contribution in [3.8, 4) is 0 Å². The molecule has 0 bridgehead atoms. The summed E-state index contributed by atoms with van der Waals surface area (Å²) >= 11 is 0. The third kappa shape index (κ3) is 2.74. The van der Waals surface area contributed by atoms with E-state index in [9.17, 15) is 4.79 Å². The Kier molecular flexibility index (Phi) is 4.41. The van der Waals surface area contributed by atoms with Gasteiger partial charge in [-0.15, -0.1) is 12.4 Å². The Morgan fingerprint density at radius 1 is 1.27 bits per heavy atom. The van der Waals surface area contributed by atoms with Crippen LogP contribution in [-0.4, -0.2) is 45.2 Å². The SMILES string of the molecule is C[C@@H]1c2nc(C3CC3)nn2CCN1C(=O)[C@@H]1CCCNC1.Cl. The zero-order chi connectivity index (χ0) is 14.4. The molecule has 122 valence electrons. The predicted octanol–water partition coefficient (Wildman–Crippen LogP) is 1.48. The molecule has 2 fully saturated rings. The van der Waals surface area contributed by atoms with Gasteiger partial charge in [0, 0.05) is 19.0 Å². The van der Waals surface area contributed by atoms with E-state index in [1.54, 1.807) is 0 Å². The monoisotopic (exact) mass is 325 g/mol.